The molecule has 35 heavy (non-hydrogen) atoms. The summed E-state index contributed by atoms with van der Waals surface area (Å²) in [4.78, 5) is 11.5. The number of fused-ring (bicyclic) bond motifs is 3. The molecule has 1 aliphatic heterocycles. The van der Waals surface area contributed by atoms with Crippen molar-refractivity contribution in [1.29, 1.82) is 0 Å². The maximum absolute atomic E-state index is 14.5. The average molecular weight is 481 g/mol. The fourth-order valence-corrected chi connectivity index (χ4v) is 5.29. The average Bonchev–Trinajstić information content (AvgIpc) is 3.47. The van der Waals surface area contributed by atoms with E-state index in [-0.39, 0.29) is 17.6 Å². The number of hydrogen-bond acceptors (Lipinski definition) is 8. The van der Waals surface area contributed by atoms with Gasteiger partial charge in [-0.2, -0.15) is 9.61 Å². The highest BCUT2D eigenvalue weighted by molar-refractivity contribution is 5.93. The van der Waals surface area contributed by atoms with Crippen LogP contribution in [-0.4, -0.2) is 59.8 Å². The number of benzene rings is 1. The van der Waals surface area contributed by atoms with Crippen LogP contribution >= 0.6 is 0 Å². The molecule has 0 radical (unpaired) electrons. The third kappa shape index (κ3) is 3.74. The van der Waals surface area contributed by atoms with Crippen molar-refractivity contribution in [1.82, 2.24) is 29.4 Å². The molecule has 11 heteroatoms. The van der Waals surface area contributed by atoms with Gasteiger partial charge in [0.25, 0.3) is 0 Å². The first-order valence-corrected chi connectivity index (χ1v) is 12.0. The molecule has 1 saturated carbocycles. The number of aromatic nitrogens is 6. The van der Waals surface area contributed by atoms with E-state index in [1.165, 1.54) is 23.8 Å². The standard InChI is InChI=1S/C24H29FN8O2/c1-14-4-5-15(11-32(14)16-10-27-31(12-16)13-24(34)6-3-7-24)21-29-22-17-8-18(25)20(35-2)9-19(17)28-23(26)33(22)30-21/h8-10,12,14-15,34H,3-7,11,13H2,1-2H3,(H2,26,28)/t14-,15+/m0/s1. The highest BCUT2D eigenvalue weighted by Gasteiger charge is 2.35. The molecule has 0 unspecified atom stereocenters. The molecule has 0 bridgehead atoms. The predicted octanol–water partition coefficient (Wildman–Crippen LogP) is 2.89. The molecule has 3 N–H and O–H groups in total. The van der Waals surface area contributed by atoms with E-state index in [1.54, 1.807) is 0 Å². The van der Waals surface area contributed by atoms with Crippen molar-refractivity contribution < 1.29 is 14.2 Å². The Morgan fingerprint density at radius 2 is 2.09 bits per heavy atom. The lowest BCUT2D eigenvalue weighted by atomic mass is 9.80. The topological polar surface area (TPSA) is 120 Å². The normalized spacial score (nSPS) is 22.0. The zero-order chi connectivity index (χ0) is 24.3. The maximum atomic E-state index is 14.5. The van der Waals surface area contributed by atoms with Crippen LogP contribution in [0.25, 0.3) is 16.6 Å². The Kier molecular flexibility index (Phi) is 5.06. The van der Waals surface area contributed by atoms with Crippen molar-refractivity contribution in [3.05, 3.63) is 36.2 Å². The molecule has 3 aromatic heterocycles. The molecular weight excluding hydrogens is 451 g/mol. The Bertz CT molecular complexity index is 1410. The van der Waals surface area contributed by atoms with E-state index in [0.29, 0.717) is 35.0 Å². The molecule has 2 aliphatic rings. The van der Waals surface area contributed by atoms with Gasteiger partial charge in [-0.05, 0) is 45.1 Å². The van der Waals surface area contributed by atoms with Crippen LogP contribution < -0.4 is 15.4 Å². The first kappa shape index (κ1) is 22.0. The number of anilines is 2. The molecule has 10 nitrogen and oxygen atoms in total. The molecule has 0 spiro atoms. The van der Waals surface area contributed by atoms with E-state index in [4.69, 9.17) is 15.5 Å². The number of methoxy groups -OCH3 is 1. The molecule has 2 fully saturated rings. The first-order chi connectivity index (χ1) is 16.8. The zero-order valence-electron chi connectivity index (χ0n) is 19.9. The third-order valence-electron chi connectivity index (χ3n) is 7.53. The summed E-state index contributed by atoms with van der Waals surface area (Å²) in [5, 5.41) is 20.2. The van der Waals surface area contributed by atoms with Gasteiger partial charge in [0.15, 0.2) is 23.0 Å². The lowest BCUT2D eigenvalue weighted by Crippen LogP contribution is -2.42. The molecule has 184 valence electrons. The van der Waals surface area contributed by atoms with Gasteiger partial charge in [-0.15, -0.1) is 5.10 Å². The van der Waals surface area contributed by atoms with Crippen LogP contribution in [0.2, 0.25) is 0 Å². The van der Waals surface area contributed by atoms with Gasteiger partial charge in [0.1, 0.15) is 0 Å². The summed E-state index contributed by atoms with van der Waals surface area (Å²) in [7, 11) is 1.41. The number of piperidine rings is 1. The molecule has 4 heterocycles. The van der Waals surface area contributed by atoms with Gasteiger partial charge in [-0.3, -0.25) is 4.68 Å². The van der Waals surface area contributed by atoms with Gasteiger partial charge in [0, 0.05) is 36.2 Å². The Balaban J connectivity index is 1.30. The zero-order valence-corrected chi connectivity index (χ0v) is 19.9. The Morgan fingerprint density at radius 3 is 2.83 bits per heavy atom. The van der Waals surface area contributed by atoms with Crippen molar-refractivity contribution in [2.45, 2.75) is 63.1 Å². The minimum atomic E-state index is -0.625. The number of rotatable bonds is 5. The van der Waals surface area contributed by atoms with Crippen LogP contribution in [0.15, 0.2) is 24.5 Å². The molecule has 4 aromatic rings. The summed E-state index contributed by atoms with van der Waals surface area (Å²) in [5.41, 5.74) is 7.56. The SMILES string of the molecule is COc1cc2nc(N)n3nc([C@@H]4CC[C@H](C)N(c5cnn(CC6(O)CCC6)c5)C4)nc3c2cc1F. The second kappa shape index (κ2) is 8.04. The monoisotopic (exact) mass is 480 g/mol. The minimum absolute atomic E-state index is 0.0720. The molecule has 6 rings (SSSR count). The van der Waals surface area contributed by atoms with Gasteiger partial charge in [-0.1, -0.05) is 0 Å². The fourth-order valence-electron chi connectivity index (χ4n) is 5.29. The van der Waals surface area contributed by atoms with Crippen LogP contribution in [-0.2, 0) is 6.54 Å². The number of nitrogens with two attached hydrogens (primary N) is 1. The van der Waals surface area contributed by atoms with Crippen molar-refractivity contribution >= 4 is 28.2 Å². The summed E-state index contributed by atoms with van der Waals surface area (Å²) >= 11 is 0. The van der Waals surface area contributed by atoms with E-state index < -0.39 is 11.4 Å². The van der Waals surface area contributed by atoms with E-state index in [9.17, 15) is 9.50 Å². The second-order valence-corrected chi connectivity index (χ2v) is 9.93. The van der Waals surface area contributed by atoms with E-state index in [0.717, 1.165) is 44.3 Å². The van der Waals surface area contributed by atoms with Gasteiger partial charge in [0.2, 0.25) is 5.95 Å². The van der Waals surface area contributed by atoms with Crippen LogP contribution in [0.4, 0.5) is 16.0 Å². The summed E-state index contributed by atoms with van der Waals surface area (Å²) in [6.07, 6.45) is 8.49. The summed E-state index contributed by atoms with van der Waals surface area (Å²) in [6.45, 7) is 3.45. The molecule has 1 saturated heterocycles. The largest absolute Gasteiger partial charge is 0.494 e. The van der Waals surface area contributed by atoms with Gasteiger partial charge in [0.05, 0.1) is 36.7 Å². The third-order valence-corrected chi connectivity index (χ3v) is 7.53. The minimum Gasteiger partial charge on any atom is -0.494 e. The van der Waals surface area contributed by atoms with Crippen molar-refractivity contribution in [3.8, 4) is 5.75 Å². The lowest BCUT2D eigenvalue weighted by molar-refractivity contribution is -0.0498. The van der Waals surface area contributed by atoms with Crippen LogP contribution in [0, 0.1) is 5.82 Å². The Morgan fingerprint density at radius 1 is 1.26 bits per heavy atom. The molecular formula is C24H29FN8O2. The quantitative estimate of drug-likeness (QED) is 0.448. The highest BCUT2D eigenvalue weighted by atomic mass is 19.1. The number of aliphatic hydroxyl groups is 1. The Labute approximate surface area is 201 Å². The fraction of sp³-hybridized carbons (Fsp3) is 0.500. The number of hydrogen-bond donors (Lipinski definition) is 2. The van der Waals surface area contributed by atoms with E-state index >= 15 is 0 Å². The Hall–Kier alpha value is -3.47. The molecule has 2 atom stereocenters. The highest BCUT2D eigenvalue weighted by Crippen LogP contribution is 2.35. The number of nitrogen functional groups attached to an aromatic ring is 1. The van der Waals surface area contributed by atoms with Gasteiger partial charge in [-0.25, -0.2) is 14.4 Å². The summed E-state index contributed by atoms with van der Waals surface area (Å²) in [5.74, 6) is 0.545. The van der Waals surface area contributed by atoms with Crippen molar-refractivity contribution in [2.24, 2.45) is 0 Å². The smallest absolute Gasteiger partial charge is 0.223 e. The van der Waals surface area contributed by atoms with Crippen molar-refractivity contribution in [3.63, 3.8) is 0 Å². The van der Waals surface area contributed by atoms with Gasteiger partial charge >= 0.3 is 0 Å². The van der Waals surface area contributed by atoms with E-state index in [1.807, 2.05) is 17.1 Å². The molecule has 1 aliphatic carbocycles. The maximum Gasteiger partial charge on any atom is 0.223 e. The summed E-state index contributed by atoms with van der Waals surface area (Å²) < 4.78 is 22.9. The molecule has 1 aromatic carbocycles. The second-order valence-electron chi connectivity index (χ2n) is 9.93. The van der Waals surface area contributed by atoms with E-state index in [2.05, 4.69) is 27.0 Å². The number of nitrogens with zero attached hydrogens (tertiary/aromatic N) is 7. The van der Waals surface area contributed by atoms with Crippen LogP contribution in [0.5, 0.6) is 5.75 Å². The van der Waals surface area contributed by atoms with Crippen molar-refractivity contribution in [2.75, 3.05) is 24.3 Å². The number of halogens is 1. The molecule has 0 amide bonds. The first-order valence-electron chi connectivity index (χ1n) is 12.0. The van der Waals surface area contributed by atoms with Crippen LogP contribution in [0.3, 0.4) is 0 Å². The summed E-state index contributed by atoms with van der Waals surface area (Å²) in [6, 6.07) is 3.23. The lowest BCUT2D eigenvalue weighted by Gasteiger charge is -2.38. The van der Waals surface area contributed by atoms with Crippen LogP contribution in [0.1, 0.15) is 50.8 Å². The predicted molar refractivity (Wildman–Crippen MR) is 129 cm³/mol. The van der Waals surface area contributed by atoms with Gasteiger partial charge < -0.3 is 20.5 Å². The number of ether oxygens (including phenoxy) is 1.